The number of anilines is 1. The summed E-state index contributed by atoms with van der Waals surface area (Å²) in [7, 11) is -3.70. The SMILES string of the molecule is CCOC(=O)c1cc(CC)sc1NS(=O)(=O)NC(C)C. The van der Waals surface area contributed by atoms with Gasteiger partial charge in [-0.2, -0.15) is 13.1 Å². The van der Waals surface area contributed by atoms with E-state index >= 15 is 0 Å². The van der Waals surface area contributed by atoms with Gasteiger partial charge in [0, 0.05) is 10.9 Å². The van der Waals surface area contributed by atoms with Crippen molar-refractivity contribution >= 4 is 32.5 Å². The Kier molecular flexibility index (Phi) is 5.97. The second-order valence-electron chi connectivity index (χ2n) is 4.41. The molecule has 0 unspecified atom stereocenters. The Morgan fingerprint density at radius 3 is 2.55 bits per heavy atom. The summed E-state index contributed by atoms with van der Waals surface area (Å²) in [6, 6.07) is 1.43. The molecule has 0 aliphatic heterocycles. The maximum Gasteiger partial charge on any atom is 0.341 e. The number of hydrogen-bond acceptors (Lipinski definition) is 5. The largest absolute Gasteiger partial charge is 0.462 e. The van der Waals surface area contributed by atoms with Crippen molar-refractivity contribution < 1.29 is 17.9 Å². The standard InChI is InChI=1S/C12H20N2O4S2/c1-5-9-7-10(12(15)18-6-2)11(19-9)14-20(16,17)13-8(3)4/h7-8,13-14H,5-6H2,1-4H3. The van der Waals surface area contributed by atoms with Crippen LogP contribution >= 0.6 is 11.3 Å². The van der Waals surface area contributed by atoms with Gasteiger partial charge in [-0.05, 0) is 33.3 Å². The highest BCUT2D eigenvalue weighted by Gasteiger charge is 2.21. The topological polar surface area (TPSA) is 84.5 Å². The lowest BCUT2D eigenvalue weighted by Gasteiger charge is -2.11. The molecule has 0 saturated carbocycles. The normalized spacial score (nSPS) is 11.7. The lowest BCUT2D eigenvalue weighted by Crippen LogP contribution is -2.35. The van der Waals surface area contributed by atoms with E-state index in [1.165, 1.54) is 11.3 Å². The van der Waals surface area contributed by atoms with Crippen molar-refractivity contribution in [1.29, 1.82) is 0 Å². The lowest BCUT2D eigenvalue weighted by molar-refractivity contribution is 0.0528. The number of carbonyl (C=O) groups is 1. The molecule has 2 N–H and O–H groups in total. The Morgan fingerprint density at radius 1 is 1.40 bits per heavy atom. The molecule has 0 fully saturated rings. The summed E-state index contributed by atoms with van der Waals surface area (Å²) in [6.07, 6.45) is 0.719. The van der Waals surface area contributed by atoms with Crippen LogP contribution in [0.3, 0.4) is 0 Å². The number of carbonyl (C=O) groups excluding carboxylic acids is 1. The number of esters is 1. The highest BCUT2D eigenvalue weighted by molar-refractivity contribution is 7.91. The number of aryl methyl sites for hydroxylation is 1. The Morgan fingerprint density at radius 2 is 2.05 bits per heavy atom. The van der Waals surface area contributed by atoms with Crippen molar-refractivity contribution in [3.8, 4) is 0 Å². The summed E-state index contributed by atoms with van der Waals surface area (Å²) in [5, 5.41) is 0.286. The third-order valence-electron chi connectivity index (χ3n) is 2.24. The molecule has 20 heavy (non-hydrogen) atoms. The van der Waals surface area contributed by atoms with Crippen molar-refractivity contribution in [2.24, 2.45) is 0 Å². The second-order valence-corrected chi connectivity index (χ2v) is 6.99. The van der Waals surface area contributed by atoms with Crippen molar-refractivity contribution in [1.82, 2.24) is 4.72 Å². The van der Waals surface area contributed by atoms with E-state index in [4.69, 9.17) is 4.74 Å². The molecule has 1 rings (SSSR count). The summed E-state index contributed by atoms with van der Waals surface area (Å²) < 4.78 is 33.5. The van der Waals surface area contributed by atoms with Gasteiger partial charge in [0.2, 0.25) is 0 Å². The van der Waals surface area contributed by atoms with Crippen LogP contribution in [0.25, 0.3) is 0 Å². The average Bonchev–Trinajstić information content (AvgIpc) is 2.69. The molecule has 0 radical (unpaired) electrons. The van der Waals surface area contributed by atoms with Crippen molar-refractivity contribution in [2.75, 3.05) is 11.3 Å². The van der Waals surface area contributed by atoms with Gasteiger partial charge in [0.05, 0.1) is 12.2 Å². The molecule has 0 aliphatic carbocycles. The minimum Gasteiger partial charge on any atom is -0.462 e. The Balaban J connectivity index is 3.04. The van der Waals surface area contributed by atoms with E-state index in [0.29, 0.717) is 0 Å². The Labute approximate surface area is 123 Å². The fraction of sp³-hybridized carbons (Fsp3) is 0.583. The first-order valence-electron chi connectivity index (χ1n) is 6.39. The molecule has 0 atom stereocenters. The van der Waals surface area contributed by atoms with Gasteiger partial charge in [0.15, 0.2) is 0 Å². The van der Waals surface area contributed by atoms with Crippen molar-refractivity contribution in [2.45, 2.75) is 40.2 Å². The van der Waals surface area contributed by atoms with Crippen LogP contribution in [0.5, 0.6) is 0 Å². The van der Waals surface area contributed by atoms with Crippen LogP contribution in [-0.4, -0.2) is 27.0 Å². The third-order valence-corrected chi connectivity index (χ3v) is 4.82. The number of nitrogens with one attached hydrogen (secondary N) is 2. The summed E-state index contributed by atoms with van der Waals surface area (Å²) in [6.45, 7) is 7.32. The van der Waals surface area contributed by atoms with Gasteiger partial charge in [0.1, 0.15) is 5.00 Å². The highest BCUT2D eigenvalue weighted by atomic mass is 32.2. The van der Waals surface area contributed by atoms with Crippen LogP contribution in [-0.2, 0) is 21.4 Å². The maximum absolute atomic E-state index is 11.9. The van der Waals surface area contributed by atoms with E-state index in [0.717, 1.165) is 11.3 Å². The molecule has 0 bridgehead atoms. The van der Waals surface area contributed by atoms with Crippen LogP contribution in [0, 0.1) is 0 Å². The highest BCUT2D eigenvalue weighted by Crippen LogP contribution is 2.30. The molecule has 1 aromatic rings. The van der Waals surface area contributed by atoms with E-state index in [9.17, 15) is 13.2 Å². The van der Waals surface area contributed by atoms with Crippen molar-refractivity contribution in [3.05, 3.63) is 16.5 Å². The summed E-state index contributed by atoms with van der Waals surface area (Å²) in [4.78, 5) is 12.7. The lowest BCUT2D eigenvalue weighted by atomic mass is 10.2. The Bertz CT molecular complexity index is 564. The van der Waals surface area contributed by atoms with Crippen LogP contribution in [0.15, 0.2) is 6.07 Å². The zero-order valence-corrected chi connectivity index (χ0v) is 13.7. The first-order valence-corrected chi connectivity index (χ1v) is 8.68. The molecule has 1 heterocycles. The van der Waals surface area contributed by atoms with Gasteiger partial charge >= 0.3 is 5.97 Å². The summed E-state index contributed by atoms with van der Waals surface area (Å²) in [5.41, 5.74) is 0.253. The zero-order chi connectivity index (χ0) is 15.3. The van der Waals surface area contributed by atoms with Gasteiger partial charge in [-0.1, -0.05) is 6.92 Å². The fourth-order valence-electron chi connectivity index (χ4n) is 1.51. The zero-order valence-electron chi connectivity index (χ0n) is 12.0. The second kappa shape index (κ2) is 7.05. The number of hydrogen-bond donors (Lipinski definition) is 2. The smallest absolute Gasteiger partial charge is 0.341 e. The average molecular weight is 320 g/mol. The van der Waals surface area contributed by atoms with E-state index in [1.807, 2.05) is 6.92 Å². The van der Waals surface area contributed by atoms with Gasteiger partial charge in [-0.25, -0.2) is 4.79 Å². The first kappa shape index (κ1) is 16.9. The van der Waals surface area contributed by atoms with E-state index < -0.39 is 16.2 Å². The molecule has 0 amide bonds. The van der Waals surface area contributed by atoms with E-state index in [2.05, 4.69) is 9.44 Å². The van der Waals surface area contributed by atoms with Gasteiger partial charge in [0.25, 0.3) is 10.2 Å². The van der Waals surface area contributed by atoms with E-state index in [1.54, 1.807) is 26.8 Å². The molecular weight excluding hydrogens is 300 g/mol. The van der Waals surface area contributed by atoms with Crippen LogP contribution in [0.4, 0.5) is 5.00 Å². The van der Waals surface area contributed by atoms with Crippen LogP contribution < -0.4 is 9.44 Å². The molecule has 0 aliphatic rings. The van der Waals surface area contributed by atoms with Crippen LogP contribution in [0.2, 0.25) is 0 Å². The fourth-order valence-corrected chi connectivity index (χ4v) is 3.88. The van der Waals surface area contributed by atoms with E-state index in [-0.39, 0.29) is 23.2 Å². The molecule has 0 saturated heterocycles. The number of ether oxygens (including phenoxy) is 1. The Hall–Kier alpha value is -1.12. The van der Waals surface area contributed by atoms with Gasteiger partial charge in [-0.3, -0.25) is 4.72 Å². The quantitative estimate of drug-likeness (QED) is 0.754. The molecule has 0 spiro atoms. The number of rotatable bonds is 7. The molecule has 1 aromatic heterocycles. The van der Waals surface area contributed by atoms with Crippen molar-refractivity contribution in [3.63, 3.8) is 0 Å². The summed E-state index contributed by atoms with van der Waals surface area (Å²) >= 11 is 1.24. The maximum atomic E-state index is 11.9. The minimum absolute atomic E-state index is 0.232. The van der Waals surface area contributed by atoms with Crippen LogP contribution in [0.1, 0.15) is 42.9 Å². The molecule has 114 valence electrons. The minimum atomic E-state index is -3.70. The van der Waals surface area contributed by atoms with Gasteiger partial charge in [-0.15, -0.1) is 11.3 Å². The summed E-state index contributed by atoms with van der Waals surface area (Å²) in [5.74, 6) is -0.523. The number of thiophene rings is 1. The molecule has 6 nitrogen and oxygen atoms in total. The molecular formula is C12H20N2O4S2. The predicted molar refractivity (Wildman–Crippen MR) is 80.5 cm³/mol. The van der Waals surface area contributed by atoms with Gasteiger partial charge < -0.3 is 4.74 Å². The monoisotopic (exact) mass is 320 g/mol. The molecule has 8 heteroatoms. The first-order chi connectivity index (χ1) is 9.29. The predicted octanol–water partition coefficient (Wildman–Crippen LogP) is 2.14. The third kappa shape index (κ3) is 4.77. The molecule has 0 aromatic carbocycles.